The van der Waals surface area contributed by atoms with Gasteiger partial charge in [-0.05, 0) is 28.3 Å². The molecule has 0 saturated carbocycles. The maximum atomic E-state index is 12.1. The number of hydrogen-bond acceptors (Lipinski definition) is 2. The molecular formula is C23H31NOSi. The van der Waals surface area contributed by atoms with Crippen molar-refractivity contribution < 1.29 is 4.80 Å². The summed E-state index contributed by atoms with van der Waals surface area (Å²) in [6, 6.07) is 22.7. The van der Waals surface area contributed by atoms with Gasteiger partial charge in [-0.15, -0.1) is 0 Å². The first-order valence-electron chi connectivity index (χ1n) is 9.73. The molecule has 2 nitrogen and oxygen atoms in total. The third-order valence-corrected chi connectivity index (χ3v) is 10.00. The lowest BCUT2D eigenvalue weighted by Gasteiger charge is -2.41. The van der Waals surface area contributed by atoms with Gasteiger partial charge in [-0.2, -0.15) is 5.26 Å². The van der Waals surface area contributed by atoms with Crippen LogP contribution in [0.15, 0.2) is 60.7 Å². The van der Waals surface area contributed by atoms with Crippen molar-refractivity contribution in [1.82, 2.24) is 0 Å². The van der Waals surface area contributed by atoms with Gasteiger partial charge in [-0.3, -0.25) is 0 Å². The maximum Gasteiger partial charge on any atom is 0.258 e. The van der Waals surface area contributed by atoms with Crippen molar-refractivity contribution in [1.29, 1.82) is 5.26 Å². The van der Waals surface area contributed by atoms with Gasteiger partial charge in [0, 0.05) is 6.42 Å². The summed E-state index contributed by atoms with van der Waals surface area (Å²) in [6.45, 7) is 4.46. The van der Waals surface area contributed by atoms with E-state index in [2.05, 4.69) is 44.2 Å². The molecule has 0 fully saturated rings. The van der Waals surface area contributed by atoms with Crippen molar-refractivity contribution in [2.75, 3.05) is 0 Å². The zero-order valence-electron chi connectivity index (χ0n) is 16.1. The first-order chi connectivity index (χ1) is 12.5. The van der Waals surface area contributed by atoms with Crippen molar-refractivity contribution in [3.8, 4) is 6.07 Å². The average molecular weight is 366 g/mol. The van der Waals surface area contributed by atoms with E-state index in [9.17, 15) is 4.80 Å². The van der Waals surface area contributed by atoms with Crippen LogP contribution in [0.4, 0.5) is 0 Å². The lowest BCUT2D eigenvalue weighted by atomic mass is 10.0. The molecule has 0 aliphatic rings. The summed E-state index contributed by atoms with van der Waals surface area (Å²) in [5.41, 5.74) is 0. The Morgan fingerprint density at radius 1 is 0.808 bits per heavy atom. The number of benzene rings is 2. The Kier molecular flexibility index (Phi) is 7.62. The van der Waals surface area contributed by atoms with Crippen molar-refractivity contribution in [2.24, 2.45) is 0 Å². The fraction of sp³-hybridized carbons (Fsp3) is 0.435. The molecule has 0 unspecified atom stereocenters. The molecule has 0 heterocycles. The van der Waals surface area contributed by atoms with Crippen molar-refractivity contribution in [2.45, 2.75) is 63.8 Å². The number of rotatable bonds is 10. The Hall–Kier alpha value is -1.89. The molecule has 2 rings (SSSR count). The SMILES string of the molecule is CC(C)(CCCCCCCC#N)[Si](O)(c1ccccc1)c1ccccc1. The van der Waals surface area contributed by atoms with E-state index in [0.717, 1.165) is 36.1 Å². The molecule has 0 spiro atoms. The Morgan fingerprint density at radius 3 is 1.77 bits per heavy atom. The molecule has 0 aliphatic heterocycles. The minimum absolute atomic E-state index is 0.150. The summed E-state index contributed by atoms with van der Waals surface area (Å²) < 4.78 is 0. The van der Waals surface area contributed by atoms with Gasteiger partial charge in [0.15, 0.2) is 0 Å². The fourth-order valence-corrected chi connectivity index (χ4v) is 7.57. The number of nitrogens with zero attached hydrogens (tertiary/aromatic N) is 1. The summed E-state index contributed by atoms with van der Waals surface area (Å²) in [5.74, 6) is 0. The molecule has 26 heavy (non-hydrogen) atoms. The predicted octanol–water partition coefficient (Wildman–Crippen LogP) is 4.77. The van der Waals surface area contributed by atoms with E-state index in [4.69, 9.17) is 5.26 Å². The van der Waals surface area contributed by atoms with Crippen LogP contribution in [0, 0.1) is 11.3 Å². The van der Waals surface area contributed by atoms with E-state index in [0.29, 0.717) is 6.42 Å². The number of hydrogen-bond donors (Lipinski definition) is 1. The first-order valence-corrected chi connectivity index (χ1v) is 11.7. The van der Waals surface area contributed by atoms with Crippen LogP contribution in [0.1, 0.15) is 58.8 Å². The molecule has 0 radical (unpaired) electrons. The highest BCUT2D eigenvalue weighted by Crippen LogP contribution is 2.40. The lowest BCUT2D eigenvalue weighted by Crippen LogP contribution is -2.65. The maximum absolute atomic E-state index is 12.1. The average Bonchev–Trinajstić information content (AvgIpc) is 2.68. The molecule has 0 aliphatic carbocycles. The highest BCUT2D eigenvalue weighted by molar-refractivity contribution is 6.98. The van der Waals surface area contributed by atoms with Crippen molar-refractivity contribution in [3.05, 3.63) is 60.7 Å². The second-order valence-electron chi connectivity index (χ2n) is 7.75. The van der Waals surface area contributed by atoms with E-state index >= 15 is 0 Å². The third-order valence-electron chi connectivity index (χ3n) is 5.45. The molecule has 2 aromatic carbocycles. The van der Waals surface area contributed by atoms with E-state index in [1.165, 1.54) is 12.8 Å². The molecule has 2 aromatic rings. The third kappa shape index (κ3) is 4.84. The predicted molar refractivity (Wildman–Crippen MR) is 112 cm³/mol. The summed E-state index contributed by atoms with van der Waals surface area (Å²) in [6.07, 6.45) is 7.28. The molecular weight excluding hydrogens is 334 g/mol. The fourth-order valence-electron chi connectivity index (χ4n) is 3.79. The summed E-state index contributed by atoms with van der Waals surface area (Å²) in [5, 5.41) is 10.6. The van der Waals surface area contributed by atoms with E-state index in [1.807, 2.05) is 36.4 Å². The Balaban J connectivity index is 2.13. The second-order valence-corrected chi connectivity index (χ2v) is 11.7. The molecule has 1 N–H and O–H groups in total. The van der Waals surface area contributed by atoms with Gasteiger partial charge in [0.1, 0.15) is 0 Å². The molecule has 3 heteroatoms. The van der Waals surface area contributed by atoms with Crippen LogP contribution in [0.25, 0.3) is 0 Å². The minimum Gasteiger partial charge on any atom is -0.424 e. The molecule has 0 saturated heterocycles. The van der Waals surface area contributed by atoms with Gasteiger partial charge in [-0.1, -0.05) is 100 Å². The van der Waals surface area contributed by atoms with Gasteiger partial charge >= 0.3 is 0 Å². The first kappa shape index (κ1) is 20.4. The zero-order chi connectivity index (χ0) is 18.9. The highest BCUT2D eigenvalue weighted by Gasteiger charge is 2.49. The normalized spacial score (nSPS) is 11.9. The minimum atomic E-state index is -2.85. The van der Waals surface area contributed by atoms with Gasteiger partial charge in [-0.25, -0.2) is 0 Å². The topological polar surface area (TPSA) is 44.0 Å². The van der Waals surface area contributed by atoms with Gasteiger partial charge in [0.2, 0.25) is 0 Å². The molecule has 0 amide bonds. The Labute approximate surface area is 159 Å². The second kappa shape index (κ2) is 9.71. The van der Waals surface area contributed by atoms with Crippen molar-refractivity contribution >= 4 is 18.7 Å². The van der Waals surface area contributed by atoms with Gasteiger partial charge in [0.25, 0.3) is 8.32 Å². The Bertz CT molecular complexity index is 652. The summed E-state index contributed by atoms with van der Waals surface area (Å²) >= 11 is 0. The molecule has 0 aromatic heterocycles. The molecule has 0 atom stereocenters. The molecule has 0 bridgehead atoms. The highest BCUT2D eigenvalue weighted by atomic mass is 28.4. The van der Waals surface area contributed by atoms with Crippen molar-refractivity contribution in [3.63, 3.8) is 0 Å². The van der Waals surface area contributed by atoms with Crippen LogP contribution in [0.2, 0.25) is 5.04 Å². The summed E-state index contributed by atoms with van der Waals surface area (Å²) in [4.78, 5) is 12.1. The largest absolute Gasteiger partial charge is 0.424 e. The van der Waals surface area contributed by atoms with Crippen LogP contribution in [0.3, 0.4) is 0 Å². The number of unbranched alkanes of at least 4 members (excludes halogenated alkanes) is 5. The van der Waals surface area contributed by atoms with Crippen LogP contribution in [-0.4, -0.2) is 13.1 Å². The van der Waals surface area contributed by atoms with Crippen LogP contribution in [0.5, 0.6) is 0 Å². The monoisotopic (exact) mass is 365 g/mol. The van der Waals surface area contributed by atoms with E-state index in [1.54, 1.807) is 0 Å². The number of nitriles is 1. The smallest absolute Gasteiger partial charge is 0.258 e. The van der Waals surface area contributed by atoms with E-state index in [-0.39, 0.29) is 5.04 Å². The lowest BCUT2D eigenvalue weighted by molar-refractivity contribution is 0.446. The van der Waals surface area contributed by atoms with Crippen LogP contribution < -0.4 is 10.4 Å². The standard InChI is InChI=1S/C23H31NOSi/c1-23(2,19-13-5-3-4-6-14-20-24)26(25,21-15-9-7-10-16-21)22-17-11-8-12-18-22/h7-12,15-18,25H,3-6,13-14,19H2,1-2H3. The van der Waals surface area contributed by atoms with E-state index < -0.39 is 8.32 Å². The van der Waals surface area contributed by atoms with Crippen LogP contribution in [-0.2, 0) is 0 Å². The molecule has 138 valence electrons. The zero-order valence-corrected chi connectivity index (χ0v) is 17.1. The quantitative estimate of drug-likeness (QED) is 0.487. The van der Waals surface area contributed by atoms with Gasteiger partial charge < -0.3 is 4.80 Å². The van der Waals surface area contributed by atoms with Gasteiger partial charge in [0.05, 0.1) is 6.07 Å². The Morgan fingerprint density at radius 2 is 1.27 bits per heavy atom. The van der Waals surface area contributed by atoms with Crippen LogP contribution >= 0.6 is 0 Å². The summed E-state index contributed by atoms with van der Waals surface area (Å²) in [7, 11) is -2.85.